The van der Waals surface area contributed by atoms with Gasteiger partial charge in [-0.2, -0.15) is 9.29 Å². The van der Waals surface area contributed by atoms with Gasteiger partial charge in [-0.15, -0.1) is 0 Å². The number of piperidine rings is 1. The maximum atomic E-state index is 12.7. The SMILES string of the molecule is Cc1noc(COC2CCCN(S(=O)(=O)c3cn(C)c(C)n3)C2)n1. The van der Waals surface area contributed by atoms with Crippen molar-refractivity contribution in [3.05, 3.63) is 23.7 Å². The van der Waals surface area contributed by atoms with Gasteiger partial charge in [0.25, 0.3) is 15.9 Å². The number of hydrogen-bond acceptors (Lipinski definition) is 7. The first-order valence-electron chi connectivity index (χ1n) is 7.77. The van der Waals surface area contributed by atoms with Crippen LogP contribution in [0.15, 0.2) is 15.7 Å². The van der Waals surface area contributed by atoms with Crippen molar-refractivity contribution in [2.24, 2.45) is 7.05 Å². The van der Waals surface area contributed by atoms with E-state index in [4.69, 9.17) is 9.26 Å². The van der Waals surface area contributed by atoms with Crippen molar-refractivity contribution >= 4 is 10.0 Å². The molecule has 1 aliphatic heterocycles. The normalized spacial score (nSPS) is 19.7. The van der Waals surface area contributed by atoms with Crippen LogP contribution in [0, 0.1) is 13.8 Å². The highest BCUT2D eigenvalue weighted by Gasteiger charge is 2.32. The molecule has 2 aromatic rings. The summed E-state index contributed by atoms with van der Waals surface area (Å²) in [7, 11) is -1.83. The third-order valence-corrected chi connectivity index (χ3v) is 5.78. The Balaban J connectivity index is 1.66. The van der Waals surface area contributed by atoms with Crippen molar-refractivity contribution in [1.82, 2.24) is 24.0 Å². The number of ether oxygens (including phenoxy) is 1. The summed E-state index contributed by atoms with van der Waals surface area (Å²) in [6.45, 7) is 4.45. The molecule has 1 aliphatic rings. The maximum absolute atomic E-state index is 12.7. The van der Waals surface area contributed by atoms with E-state index in [9.17, 15) is 8.42 Å². The van der Waals surface area contributed by atoms with Crippen molar-refractivity contribution in [3.63, 3.8) is 0 Å². The second-order valence-corrected chi connectivity index (χ2v) is 7.80. The molecule has 2 aromatic heterocycles. The third kappa shape index (κ3) is 3.50. The molecule has 1 atom stereocenters. The summed E-state index contributed by atoms with van der Waals surface area (Å²) in [5.41, 5.74) is 0. The molecule has 0 bridgehead atoms. The lowest BCUT2D eigenvalue weighted by Gasteiger charge is -2.30. The number of imidazole rings is 1. The van der Waals surface area contributed by atoms with Gasteiger partial charge in [-0.3, -0.25) is 0 Å². The average Bonchev–Trinajstić information content (AvgIpc) is 3.12. The molecule has 3 rings (SSSR count). The standard InChI is InChI=1S/C14H21N5O4S/c1-10-15-13(23-17-10)9-22-12-5-4-6-19(7-12)24(20,21)14-8-18(3)11(2)16-14/h8,12H,4-7,9H2,1-3H3. The van der Waals surface area contributed by atoms with Gasteiger partial charge in [0, 0.05) is 26.3 Å². The molecular formula is C14H21N5O4S. The first kappa shape index (κ1) is 17.1. The Kier molecular flexibility index (Phi) is 4.70. The fourth-order valence-corrected chi connectivity index (χ4v) is 4.17. The van der Waals surface area contributed by atoms with Crippen LogP contribution >= 0.6 is 0 Å². The highest BCUT2D eigenvalue weighted by atomic mass is 32.2. The quantitative estimate of drug-likeness (QED) is 0.781. The first-order valence-corrected chi connectivity index (χ1v) is 9.21. The molecular weight excluding hydrogens is 334 g/mol. The van der Waals surface area contributed by atoms with Gasteiger partial charge in [0.2, 0.25) is 0 Å². The molecule has 0 spiro atoms. The van der Waals surface area contributed by atoms with Crippen molar-refractivity contribution in [2.75, 3.05) is 13.1 Å². The highest BCUT2D eigenvalue weighted by Crippen LogP contribution is 2.22. The van der Waals surface area contributed by atoms with Crippen LogP contribution < -0.4 is 0 Å². The Morgan fingerprint density at radius 2 is 2.17 bits per heavy atom. The third-order valence-electron chi connectivity index (χ3n) is 4.04. The molecule has 0 aliphatic carbocycles. The molecule has 24 heavy (non-hydrogen) atoms. The van der Waals surface area contributed by atoms with E-state index >= 15 is 0 Å². The van der Waals surface area contributed by atoms with Crippen LogP contribution in [0.1, 0.15) is 30.4 Å². The monoisotopic (exact) mass is 355 g/mol. The molecule has 3 heterocycles. The molecule has 0 amide bonds. The van der Waals surface area contributed by atoms with E-state index in [1.165, 1.54) is 10.5 Å². The minimum atomic E-state index is -3.61. The summed E-state index contributed by atoms with van der Waals surface area (Å²) in [6, 6.07) is 0. The molecule has 0 saturated carbocycles. The molecule has 0 aromatic carbocycles. The molecule has 1 unspecified atom stereocenters. The van der Waals surface area contributed by atoms with Gasteiger partial charge in [-0.25, -0.2) is 13.4 Å². The zero-order valence-corrected chi connectivity index (χ0v) is 14.8. The number of nitrogens with zero attached hydrogens (tertiary/aromatic N) is 5. The summed E-state index contributed by atoms with van der Waals surface area (Å²) in [5.74, 6) is 1.60. The van der Waals surface area contributed by atoms with Crippen LogP contribution in [0.3, 0.4) is 0 Å². The predicted octanol–water partition coefficient (Wildman–Crippen LogP) is 0.790. The first-order chi connectivity index (χ1) is 11.4. The van der Waals surface area contributed by atoms with Crippen LogP contribution in [0.25, 0.3) is 0 Å². The molecule has 1 fully saturated rings. The van der Waals surface area contributed by atoms with E-state index in [-0.39, 0.29) is 17.7 Å². The van der Waals surface area contributed by atoms with E-state index in [0.717, 1.165) is 12.8 Å². The fourth-order valence-electron chi connectivity index (χ4n) is 2.63. The summed E-state index contributed by atoms with van der Waals surface area (Å²) in [4.78, 5) is 8.21. The Labute approximate surface area is 140 Å². The minimum Gasteiger partial charge on any atom is -0.367 e. The van der Waals surface area contributed by atoms with Gasteiger partial charge in [0.15, 0.2) is 10.9 Å². The van der Waals surface area contributed by atoms with Gasteiger partial charge in [-0.1, -0.05) is 5.16 Å². The summed E-state index contributed by atoms with van der Waals surface area (Å²) in [6.07, 6.45) is 2.86. The van der Waals surface area contributed by atoms with Gasteiger partial charge < -0.3 is 13.8 Å². The average molecular weight is 355 g/mol. The maximum Gasteiger partial charge on any atom is 0.262 e. The molecule has 10 heteroatoms. The van der Waals surface area contributed by atoms with Crippen molar-refractivity contribution in [3.8, 4) is 0 Å². The largest absolute Gasteiger partial charge is 0.367 e. The van der Waals surface area contributed by atoms with E-state index in [1.54, 1.807) is 25.5 Å². The Morgan fingerprint density at radius 1 is 1.38 bits per heavy atom. The summed E-state index contributed by atoms with van der Waals surface area (Å²) in [5, 5.41) is 3.78. The fraction of sp³-hybridized carbons (Fsp3) is 0.643. The highest BCUT2D eigenvalue weighted by molar-refractivity contribution is 7.89. The summed E-state index contributed by atoms with van der Waals surface area (Å²) < 4.78 is 39.3. The van der Waals surface area contributed by atoms with Gasteiger partial charge in [0.1, 0.15) is 12.4 Å². The Morgan fingerprint density at radius 3 is 2.79 bits per heavy atom. The lowest BCUT2D eigenvalue weighted by atomic mass is 10.1. The van der Waals surface area contributed by atoms with Gasteiger partial charge in [0.05, 0.1) is 6.10 Å². The molecule has 9 nitrogen and oxygen atoms in total. The zero-order chi connectivity index (χ0) is 17.3. The van der Waals surface area contributed by atoms with E-state index < -0.39 is 10.0 Å². The lowest BCUT2D eigenvalue weighted by Crippen LogP contribution is -2.43. The Bertz CT molecular complexity index is 793. The van der Waals surface area contributed by atoms with Crippen molar-refractivity contribution in [1.29, 1.82) is 0 Å². The summed E-state index contributed by atoms with van der Waals surface area (Å²) >= 11 is 0. The van der Waals surface area contributed by atoms with Gasteiger partial charge in [-0.05, 0) is 26.7 Å². The van der Waals surface area contributed by atoms with Crippen LogP contribution in [-0.2, 0) is 28.4 Å². The second-order valence-electron chi connectivity index (χ2n) is 5.91. The second kappa shape index (κ2) is 6.61. The van der Waals surface area contributed by atoms with Crippen LogP contribution in [0.5, 0.6) is 0 Å². The van der Waals surface area contributed by atoms with E-state index in [0.29, 0.717) is 30.6 Å². The van der Waals surface area contributed by atoms with Crippen molar-refractivity contribution in [2.45, 2.75) is 44.4 Å². The topological polar surface area (TPSA) is 103 Å². The predicted molar refractivity (Wildman–Crippen MR) is 83.5 cm³/mol. The zero-order valence-electron chi connectivity index (χ0n) is 14.0. The number of hydrogen-bond donors (Lipinski definition) is 0. The minimum absolute atomic E-state index is 0.0793. The van der Waals surface area contributed by atoms with Crippen molar-refractivity contribution < 1.29 is 17.7 Å². The van der Waals surface area contributed by atoms with Crippen LogP contribution in [-0.4, -0.2) is 51.6 Å². The van der Waals surface area contributed by atoms with Crippen LogP contribution in [0.2, 0.25) is 0 Å². The molecule has 0 N–H and O–H groups in total. The molecule has 132 valence electrons. The van der Waals surface area contributed by atoms with Gasteiger partial charge >= 0.3 is 0 Å². The smallest absolute Gasteiger partial charge is 0.262 e. The van der Waals surface area contributed by atoms with E-state index in [2.05, 4.69) is 15.1 Å². The number of rotatable bonds is 5. The number of aromatic nitrogens is 4. The van der Waals surface area contributed by atoms with Crippen LogP contribution in [0.4, 0.5) is 0 Å². The molecule has 1 saturated heterocycles. The number of aryl methyl sites for hydroxylation is 3. The number of sulfonamides is 1. The van der Waals surface area contributed by atoms with E-state index in [1.807, 2.05) is 0 Å². The lowest BCUT2D eigenvalue weighted by molar-refractivity contribution is -0.00299. The Hall–Kier alpha value is -1.78. The molecule has 0 radical (unpaired) electrons.